The topological polar surface area (TPSA) is 237 Å². The van der Waals surface area contributed by atoms with Crippen molar-refractivity contribution >= 4 is 29.7 Å². The average molecular weight is 442 g/mol. The van der Waals surface area contributed by atoms with Gasteiger partial charge in [0.15, 0.2) is 6.04 Å². The second-order valence-electron chi connectivity index (χ2n) is 6.84. The van der Waals surface area contributed by atoms with E-state index in [-0.39, 0.29) is 6.42 Å². The molecule has 14 nitrogen and oxygen atoms in total. The molecule has 0 radical (unpaired) electrons. The monoisotopic (exact) mass is 442 g/mol. The molecule has 172 valence electrons. The quantitative estimate of drug-likeness (QED) is 0.160. The maximum atomic E-state index is 12.7. The smallest absolute Gasteiger partial charge is 0.328 e. The second kappa shape index (κ2) is 11.6. The van der Waals surface area contributed by atoms with E-state index >= 15 is 0 Å². The average Bonchev–Trinajstić information content (AvgIpc) is 3.17. The Morgan fingerprint density at radius 2 is 1.71 bits per heavy atom. The molecule has 9 N–H and O–H groups in total. The highest BCUT2D eigenvalue weighted by molar-refractivity contribution is 5.94. The van der Waals surface area contributed by atoms with Crippen LogP contribution in [0, 0.1) is 0 Å². The zero-order valence-corrected chi connectivity index (χ0v) is 16.9. The number of carboxylic acid groups (broad SMARTS) is 2. The molecular weight excluding hydrogens is 416 g/mol. The molecule has 3 amide bonds. The Bertz CT molecular complexity index is 797. The van der Waals surface area contributed by atoms with Crippen LogP contribution in [0.1, 0.15) is 26.0 Å². The number of carboxylic acids is 2. The molecule has 1 aromatic rings. The van der Waals surface area contributed by atoms with E-state index in [0.717, 1.165) is 0 Å². The van der Waals surface area contributed by atoms with Crippen LogP contribution in [0.2, 0.25) is 0 Å². The van der Waals surface area contributed by atoms with Gasteiger partial charge in [-0.25, -0.2) is 9.78 Å². The van der Waals surface area contributed by atoms with Crippen molar-refractivity contribution in [1.82, 2.24) is 25.9 Å². The maximum Gasteiger partial charge on any atom is 0.328 e. The molecule has 1 rings (SSSR count). The normalized spacial score (nSPS) is 15.6. The summed E-state index contributed by atoms with van der Waals surface area (Å²) in [5.41, 5.74) is 5.98. The zero-order chi connectivity index (χ0) is 23.7. The Morgan fingerprint density at radius 3 is 2.19 bits per heavy atom. The van der Waals surface area contributed by atoms with Gasteiger partial charge in [0.25, 0.3) is 0 Å². The van der Waals surface area contributed by atoms with E-state index < -0.39 is 66.4 Å². The third-order valence-electron chi connectivity index (χ3n) is 4.14. The first-order valence-corrected chi connectivity index (χ1v) is 9.19. The first kappa shape index (κ1) is 25.5. The summed E-state index contributed by atoms with van der Waals surface area (Å²) < 4.78 is 0. The van der Waals surface area contributed by atoms with Gasteiger partial charge in [-0.3, -0.25) is 19.2 Å². The first-order chi connectivity index (χ1) is 14.4. The minimum atomic E-state index is -1.58. The third kappa shape index (κ3) is 8.39. The van der Waals surface area contributed by atoms with Crippen LogP contribution in [0.25, 0.3) is 0 Å². The van der Waals surface area contributed by atoms with Crippen LogP contribution in [0.3, 0.4) is 0 Å². The summed E-state index contributed by atoms with van der Waals surface area (Å²) in [6.07, 6.45) is 0.642. The van der Waals surface area contributed by atoms with E-state index in [9.17, 15) is 29.1 Å². The van der Waals surface area contributed by atoms with Crippen LogP contribution in [0.5, 0.6) is 0 Å². The molecule has 0 spiro atoms. The molecule has 0 bridgehead atoms. The van der Waals surface area contributed by atoms with Crippen molar-refractivity contribution in [2.75, 3.05) is 0 Å². The van der Waals surface area contributed by atoms with Crippen molar-refractivity contribution < 1.29 is 39.3 Å². The summed E-state index contributed by atoms with van der Waals surface area (Å²) in [6, 6.07) is -5.45. The number of imidazole rings is 1. The van der Waals surface area contributed by atoms with E-state index in [1.54, 1.807) is 0 Å². The fourth-order valence-corrected chi connectivity index (χ4v) is 2.43. The molecule has 0 saturated heterocycles. The minimum absolute atomic E-state index is 0.0723. The number of aromatic amines is 1. The van der Waals surface area contributed by atoms with Gasteiger partial charge in [-0.15, -0.1) is 0 Å². The van der Waals surface area contributed by atoms with Crippen LogP contribution >= 0.6 is 0 Å². The van der Waals surface area contributed by atoms with Gasteiger partial charge >= 0.3 is 11.9 Å². The number of H-pyrrole nitrogens is 1. The number of rotatable bonds is 12. The van der Waals surface area contributed by atoms with Crippen LogP contribution < -0.4 is 21.7 Å². The molecule has 0 fully saturated rings. The van der Waals surface area contributed by atoms with E-state index in [0.29, 0.717) is 5.69 Å². The van der Waals surface area contributed by atoms with Gasteiger partial charge in [0.05, 0.1) is 24.9 Å². The number of carbonyl (C=O) groups excluding carboxylic acids is 3. The first-order valence-electron chi connectivity index (χ1n) is 9.19. The van der Waals surface area contributed by atoms with Crippen molar-refractivity contribution in [3.8, 4) is 0 Å². The number of amides is 3. The molecular formula is C17H26N6O8. The number of aliphatic hydroxyl groups is 1. The van der Waals surface area contributed by atoms with Gasteiger partial charge in [-0.2, -0.15) is 0 Å². The molecule has 14 heteroatoms. The van der Waals surface area contributed by atoms with Crippen LogP contribution in [0.4, 0.5) is 0 Å². The second-order valence-corrected chi connectivity index (χ2v) is 6.84. The van der Waals surface area contributed by atoms with Gasteiger partial charge in [-0.1, -0.05) is 0 Å². The highest BCUT2D eigenvalue weighted by Gasteiger charge is 2.30. The van der Waals surface area contributed by atoms with Crippen molar-refractivity contribution in [1.29, 1.82) is 0 Å². The summed E-state index contributed by atoms with van der Waals surface area (Å²) in [6.45, 7) is 2.46. The van der Waals surface area contributed by atoms with Crippen molar-refractivity contribution in [3.63, 3.8) is 0 Å². The molecule has 0 saturated carbocycles. The zero-order valence-electron chi connectivity index (χ0n) is 16.9. The number of nitrogens with two attached hydrogens (primary N) is 1. The number of aromatic nitrogens is 2. The lowest BCUT2D eigenvalue weighted by atomic mass is 10.1. The maximum absolute atomic E-state index is 12.7. The molecule has 5 unspecified atom stereocenters. The molecule has 31 heavy (non-hydrogen) atoms. The van der Waals surface area contributed by atoms with E-state index in [2.05, 4.69) is 25.9 Å². The molecule has 0 aliphatic carbocycles. The molecule has 0 aliphatic heterocycles. The Balaban J connectivity index is 2.86. The highest BCUT2D eigenvalue weighted by atomic mass is 16.4. The molecule has 0 aromatic carbocycles. The summed E-state index contributed by atoms with van der Waals surface area (Å²) in [4.78, 5) is 65.4. The van der Waals surface area contributed by atoms with Gasteiger partial charge in [-0.05, 0) is 13.8 Å². The summed E-state index contributed by atoms with van der Waals surface area (Å²) >= 11 is 0. The predicted octanol–water partition coefficient (Wildman–Crippen LogP) is -3.31. The number of hydrogen-bond donors (Lipinski definition) is 8. The number of aliphatic hydroxyl groups excluding tert-OH is 1. The Kier molecular flexibility index (Phi) is 9.56. The number of carbonyl (C=O) groups is 5. The van der Waals surface area contributed by atoms with Crippen LogP contribution in [-0.2, 0) is 30.4 Å². The van der Waals surface area contributed by atoms with E-state index in [4.69, 9.17) is 15.9 Å². The van der Waals surface area contributed by atoms with E-state index in [1.165, 1.54) is 26.4 Å². The minimum Gasteiger partial charge on any atom is -0.481 e. The molecule has 1 aromatic heterocycles. The van der Waals surface area contributed by atoms with Crippen LogP contribution in [-0.4, -0.2) is 85.2 Å². The summed E-state index contributed by atoms with van der Waals surface area (Å²) in [5.74, 6) is -5.33. The lowest BCUT2D eigenvalue weighted by Gasteiger charge is -2.23. The molecule has 0 aliphatic rings. The third-order valence-corrected chi connectivity index (χ3v) is 4.14. The number of nitrogens with one attached hydrogen (secondary N) is 4. The highest BCUT2D eigenvalue weighted by Crippen LogP contribution is 2.02. The predicted molar refractivity (Wildman–Crippen MR) is 103 cm³/mol. The number of hydrogen-bond acceptors (Lipinski definition) is 8. The van der Waals surface area contributed by atoms with Crippen molar-refractivity contribution in [2.45, 2.75) is 57.0 Å². The van der Waals surface area contributed by atoms with Gasteiger partial charge in [0, 0.05) is 18.3 Å². The molecule has 1 heterocycles. The fourth-order valence-electron chi connectivity index (χ4n) is 2.43. The van der Waals surface area contributed by atoms with Gasteiger partial charge in [0.1, 0.15) is 12.1 Å². The van der Waals surface area contributed by atoms with Crippen LogP contribution in [0.15, 0.2) is 12.5 Å². The lowest BCUT2D eigenvalue weighted by molar-refractivity contribution is -0.145. The van der Waals surface area contributed by atoms with Crippen molar-refractivity contribution in [2.24, 2.45) is 5.73 Å². The van der Waals surface area contributed by atoms with Gasteiger partial charge < -0.3 is 42.0 Å². The number of nitrogens with zero attached hydrogens (tertiary/aromatic N) is 1. The Morgan fingerprint density at radius 1 is 1.06 bits per heavy atom. The summed E-state index contributed by atoms with van der Waals surface area (Å²) in [5, 5.41) is 34.0. The van der Waals surface area contributed by atoms with E-state index in [1.807, 2.05) is 0 Å². The largest absolute Gasteiger partial charge is 0.481 e. The molecule has 5 atom stereocenters. The SMILES string of the molecule is CC(NC(=O)C(Cc1cnc[nH]1)NC(=O)C(N)CC(=O)O)C(=O)NC(C(=O)O)C(C)O. The van der Waals surface area contributed by atoms with Gasteiger partial charge in [0.2, 0.25) is 17.7 Å². The Labute approximate surface area is 176 Å². The summed E-state index contributed by atoms with van der Waals surface area (Å²) in [7, 11) is 0. The Hall–Kier alpha value is -3.52. The van der Waals surface area contributed by atoms with Crippen molar-refractivity contribution in [3.05, 3.63) is 18.2 Å². The fraction of sp³-hybridized carbons (Fsp3) is 0.529. The lowest BCUT2D eigenvalue weighted by Crippen LogP contribution is -2.58. The number of aliphatic carboxylic acids is 2. The standard InChI is InChI=1S/C17H26N6O8/c1-7(14(27)23-13(8(2)24)17(30)31)21-16(29)11(3-9-5-19-6-20-9)22-15(28)10(18)4-12(25)26/h5-8,10-11,13,24H,3-4,18H2,1-2H3,(H,19,20)(H,21,29)(H,22,28)(H,23,27)(H,25,26)(H,30,31).